The van der Waals surface area contributed by atoms with Crippen LogP contribution in [0.1, 0.15) is 5.56 Å². The molecule has 0 radical (unpaired) electrons. The van der Waals surface area contributed by atoms with Gasteiger partial charge in [0.25, 0.3) is 10.0 Å². The quantitative estimate of drug-likeness (QED) is 0.901. The molecule has 5 nitrogen and oxygen atoms in total. The Bertz CT molecular complexity index is 596. The summed E-state index contributed by atoms with van der Waals surface area (Å²) in [4.78, 5) is 6.23. The number of imidazole rings is 1. The number of nitrogens with one attached hydrogen (secondary N) is 2. The summed E-state index contributed by atoms with van der Waals surface area (Å²) in [6.45, 7) is 0.225. The van der Waals surface area contributed by atoms with E-state index in [2.05, 4.69) is 30.6 Å². The van der Waals surface area contributed by atoms with Crippen molar-refractivity contribution in [2.45, 2.75) is 11.6 Å². The molecular weight excluding hydrogens is 306 g/mol. The zero-order chi connectivity index (χ0) is 12.3. The number of benzene rings is 1. The standard InChI is InChI=1S/C10H10BrN3O2S/c11-9-4-2-1-3-8(9)5-14-17(15,16)10-6-12-7-13-10/h1-4,6-7,14H,5H2,(H,12,13). The molecule has 0 bridgehead atoms. The van der Waals surface area contributed by atoms with Crippen LogP contribution in [-0.4, -0.2) is 18.4 Å². The van der Waals surface area contributed by atoms with Gasteiger partial charge in [-0.25, -0.2) is 18.1 Å². The van der Waals surface area contributed by atoms with E-state index in [0.717, 1.165) is 10.0 Å². The molecule has 0 fully saturated rings. The highest BCUT2D eigenvalue weighted by atomic mass is 79.9. The molecule has 0 saturated heterocycles. The van der Waals surface area contributed by atoms with Crippen LogP contribution in [0, 0.1) is 0 Å². The van der Waals surface area contributed by atoms with E-state index in [1.807, 2.05) is 24.3 Å². The van der Waals surface area contributed by atoms with Crippen molar-refractivity contribution in [2.24, 2.45) is 0 Å². The van der Waals surface area contributed by atoms with Crippen LogP contribution >= 0.6 is 15.9 Å². The van der Waals surface area contributed by atoms with E-state index in [4.69, 9.17) is 0 Å². The molecule has 1 aromatic carbocycles. The van der Waals surface area contributed by atoms with E-state index < -0.39 is 10.0 Å². The van der Waals surface area contributed by atoms with Gasteiger partial charge in [-0.1, -0.05) is 34.1 Å². The Morgan fingerprint density at radius 1 is 1.35 bits per heavy atom. The average Bonchev–Trinajstić information content (AvgIpc) is 2.82. The molecule has 0 aliphatic carbocycles. The Hall–Kier alpha value is -1.18. The first kappa shape index (κ1) is 12.3. The number of rotatable bonds is 4. The van der Waals surface area contributed by atoms with Crippen molar-refractivity contribution in [1.29, 1.82) is 0 Å². The molecule has 0 atom stereocenters. The van der Waals surface area contributed by atoms with Crippen LogP contribution in [0.15, 0.2) is 46.3 Å². The summed E-state index contributed by atoms with van der Waals surface area (Å²) >= 11 is 3.36. The Kier molecular flexibility index (Phi) is 3.60. The van der Waals surface area contributed by atoms with Gasteiger partial charge in [0.1, 0.15) is 0 Å². The number of hydrogen-bond acceptors (Lipinski definition) is 3. The fourth-order valence-corrected chi connectivity index (χ4v) is 2.62. The lowest BCUT2D eigenvalue weighted by Crippen LogP contribution is -2.23. The van der Waals surface area contributed by atoms with Gasteiger partial charge >= 0.3 is 0 Å². The minimum absolute atomic E-state index is 0.0598. The van der Waals surface area contributed by atoms with Crippen molar-refractivity contribution in [2.75, 3.05) is 0 Å². The van der Waals surface area contributed by atoms with Gasteiger partial charge in [0.15, 0.2) is 5.03 Å². The predicted molar refractivity (Wildman–Crippen MR) is 66.8 cm³/mol. The third kappa shape index (κ3) is 2.93. The van der Waals surface area contributed by atoms with Crippen molar-refractivity contribution >= 4 is 26.0 Å². The predicted octanol–water partition coefficient (Wildman–Crippen LogP) is 1.65. The Balaban J connectivity index is 2.12. The summed E-state index contributed by atoms with van der Waals surface area (Å²) in [5.74, 6) is 0. The highest BCUT2D eigenvalue weighted by Gasteiger charge is 2.15. The summed E-state index contributed by atoms with van der Waals surface area (Å²) < 4.78 is 26.9. The topological polar surface area (TPSA) is 74.8 Å². The number of halogens is 1. The molecule has 2 aromatic rings. The largest absolute Gasteiger partial charge is 0.335 e. The fraction of sp³-hybridized carbons (Fsp3) is 0.100. The molecule has 0 spiro atoms. The van der Waals surface area contributed by atoms with E-state index in [1.54, 1.807) is 0 Å². The van der Waals surface area contributed by atoms with Crippen molar-refractivity contribution in [3.8, 4) is 0 Å². The van der Waals surface area contributed by atoms with Gasteiger partial charge in [0, 0.05) is 11.0 Å². The van der Waals surface area contributed by atoms with Crippen molar-refractivity contribution in [3.63, 3.8) is 0 Å². The molecule has 2 N–H and O–H groups in total. The SMILES string of the molecule is O=S(=O)(NCc1ccccc1Br)c1cnc[nH]1. The average molecular weight is 316 g/mol. The van der Waals surface area contributed by atoms with Gasteiger partial charge in [-0.05, 0) is 11.6 Å². The first-order valence-electron chi connectivity index (χ1n) is 4.81. The molecule has 0 saturated carbocycles. The number of nitrogens with zero attached hydrogens (tertiary/aromatic N) is 1. The van der Waals surface area contributed by atoms with Crippen molar-refractivity contribution in [3.05, 3.63) is 46.8 Å². The van der Waals surface area contributed by atoms with Gasteiger partial charge in [-0.2, -0.15) is 0 Å². The lowest BCUT2D eigenvalue weighted by molar-refractivity contribution is 0.578. The smallest absolute Gasteiger partial charge is 0.257 e. The van der Waals surface area contributed by atoms with Crippen molar-refractivity contribution < 1.29 is 8.42 Å². The van der Waals surface area contributed by atoms with E-state index >= 15 is 0 Å². The number of hydrogen-bond donors (Lipinski definition) is 2. The Morgan fingerprint density at radius 2 is 2.12 bits per heavy atom. The minimum Gasteiger partial charge on any atom is -0.335 e. The summed E-state index contributed by atoms with van der Waals surface area (Å²) in [5.41, 5.74) is 0.871. The van der Waals surface area contributed by atoms with E-state index in [9.17, 15) is 8.42 Å². The molecule has 0 aliphatic rings. The van der Waals surface area contributed by atoms with Gasteiger partial charge in [0.05, 0.1) is 12.5 Å². The maximum atomic E-state index is 11.8. The molecule has 0 unspecified atom stereocenters. The van der Waals surface area contributed by atoms with Crippen LogP contribution in [0.3, 0.4) is 0 Å². The molecule has 1 aromatic heterocycles. The van der Waals surface area contributed by atoms with Crippen LogP contribution in [0.4, 0.5) is 0 Å². The van der Waals surface area contributed by atoms with E-state index in [1.165, 1.54) is 12.5 Å². The fourth-order valence-electron chi connectivity index (χ4n) is 1.28. The third-order valence-corrected chi connectivity index (χ3v) is 4.27. The number of aromatic nitrogens is 2. The number of sulfonamides is 1. The van der Waals surface area contributed by atoms with Crippen LogP contribution < -0.4 is 4.72 Å². The molecule has 7 heteroatoms. The van der Waals surface area contributed by atoms with Crippen LogP contribution in [-0.2, 0) is 16.6 Å². The van der Waals surface area contributed by atoms with E-state index in [0.29, 0.717) is 0 Å². The molecule has 1 heterocycles. The Labute approximate surface area is 107 Å². The summed E-state index contributed by atoms with van der Waals surface area (Å²) in [6, 6.07) is 7.43. The minimum atomic E-state index is -3.52. The van der Waals surface area contributed by atoms with Gasteiger partial charge in [-0.3, -0.25) is 0 Å². The monoisotopic (exact) mass is 315 g/mol. The summed E-state index contributed by atoms with van der Waals surface area (Å²) in [7, 11) is -3.52. The van der Waals surface area contributed by atoms with Gasteiger partial charge in [0.2, 0.25) is 0 Å². The number of aromatic amines is 1. The van der Waals surface area contributed by atoms with Crippen molar-refractivity contribution in [1.82, 2.24) is 14.7 Å². The zero-order valence-electron chi connectivity index (χ0n) is 8.72. The second kappa shape index (κ2) is 4.99. The van der Waals surface area contributed by atoms with Crippen LogP contribution in [0.25, 0.3) is 0 Å². The maximum absolute atomic E-state index is 11.8. The van der Waals surface area contributed by atoms with Gasteiger partial charge in [-0.15, -0.1) is 0 Å². The lowest BCUT2D eigenvalue weighted by atomic mass is 10.2. The molecule has 0 amide bonds. The highest BCUT2D eigenvalue weighted by Crippen LogP contribution is 2.16. The normalized spacial score (nSPS) is 11.6. The van der Waals surface area contributed by atoms with Crippen LogP contribution in [0.5, 0.6) is 0 Å². The summed E-state index contributed by atoms with van der Waals surface area (Å²) in [6.07, 6.45) is 2.59. The summed E-state index contributed by atoms with van der Waals surface area (Å²) in [5, 5.41) is 0.0598. The Morgan fingerprint density at radius 3 is 2.76 bits per heavy atom. The lowest BCUT2D eigenvalue weighted by Gasteiger charge is -2.06. The molecule has 2 rings (SSSR count). The zero-order valence-corrected chi connectivity index (χ0v) is 11.1. The second-order valence-electron chi connectivity index (χ2n) is 3.33. The maximum Gasteiger partial charge on any atom is 0.257 e. The third-order valence-electron chi connectivity index (χ3n) is 2.17. The van der Waals surface area contributed by atoms with E-state index in [-0.39, 0.29) is 11.6 Å². The molecule has 17 heavy (non-hydrogen) atoms. The molecule has 0 aliphatic heterocycles. The first-order valence-corrected chi connectivity index (χ1v) is 7.08. The molecule has 90 valence electrons. The second-order valence-corrected chi connectivity index (χ2v) is 5.92. The van der Waals surface area contributed by atoms with Crippen LogP contribution in [0.2, 0.25) is 0 Å². The first-order chi connectivity index (χ1) is 8.09. The van der Waals surface area contributed by atoms with Gasteiger partial charge < -0.3 is 4.98 Å². The highest BCUT2D eigenvalue weighted by molar-refractivity contribution is 9.10. The molecular formula is C10H10BrN3O2S. The number of H-pyrrole nitrogens is 1.